The number of sulfonamides is 2. The molecule has 152 valence electrons. The molecule has 3 aromatic rings. The maximum absolute atomic E-state index is 12.5. The summed E-state index contributed by atoms with van der Waals surface area (Å²) < 4.78 is 54.9. The van der Waals surface area contributed by atoms with Crippen LogP contribution in [0.5, 0.6) is 0 Å². The van der Waals surface area contributed by atoms with Gasteiger partial charge in [-0.15, -0.1) is 0 Å². The van der Waals surface area contributed by atoms with E-state index in [2.05, 4.69) is 9.44 Å². The van der Waals surface area contributed by atoms with Gasteiger partial charge in [-0.25, -0.2) is 16.8 Å². The monoisotopic (exact) mass is 470 g/mol. The molecule has 3 aromatic carbocycles. The second-order valence-electron chi connectivity index (χ2n) is 6.18. The number of halogens is 2. The fourth-order valence-corrected chi connectivity index (χ4v) is 5.31. The molecule has 0 heterocycles. The summed E-state index contributed by atoms with van der Waals surface area (Å²) in [6.07, 6.45) is 0. The van der Waals surface area contributed by atoms with Gasteiger partial charge in [-0.05, 0) is 61.5 Å². The first kappa shape index (κ1) is 21.4. The van der Waals surface area contributed by atoms with Crippen molar-refractivity contribution in [3.63, 3.8) is 0 Å². The Bertz CT molecular complexity index is 1240. The lowest BCUT2D eigenvalue weighted by molar-refractivity contribution is 0.600. The number of aryl methyl sites for hydroxylation is 1. The molecule has 0 amide bonds. The second-order valence-corrected chi connectivity index (χ2v) is 10.4. The molecule has 0 aromatic heterocycles. The lowest BCUT2D eigenvalue weighted by atomic mass is 10.2. The third kappa shape index (κ3) is 5.22. The van der Waals surface area contributed by atoms with Crippen LogP contribution in [0.25, 0.3) is 0 Å². The molecular weight excluding hydrogens is 455 g/mol. The number of nitrogens with one attached hydrogen (secondary N) is 2. The van der Waals surface area contributed by atoms with Crippen molar-refractivity contribution in [2.45, 2.75) is 16.7 Å². The summed E-state index contributed by atoms with van der Waals surface area (Å²) in [5.41, 5.74) is 1.61. The number of hydrogen-bond donors (Lipinski definition) is 2. The van der Waals surface area contributed by atoms with Crippen molar-refractivity contribution in [3.05, 3.63) is 82.3 Å². The zero-order valence-electron chi connectivity index (χ0n) is 15.1. The Morgan fingerprint density at radius 1 is 0.690 bits per heavy atom. The molecular formula is C19H16Cl2N2O4S2. The van der Waals surface area contributed by atoms with Crippen LogP contribution in [0.1, 0.15) is 5.56 Å². The molecule has 0 bridgehead atoms. The first-order valence-electron chi connectivity index (χ1n) is 8.24. The van der Waals surface area contributed by atoms with Gasteiger partial charge in [0, 0.05) is 16.4 Å². The highest BCUT2D eigenvalue weighted by Crippen LogP contribution is 2.27. The van der Waals surface area contributed by atoms with E-state index in [1.807, 2.05) is 6.92 Å². The van der Waals surface area contributed by atoms with Crippen LogP contribution >= 0.6 is 23.2 Å². The second kappa shape index (κ2) is 8.23. The van der Waals surface area contributed by atoms with Crippen LogP contribution in [0.15, 0.2) is 76.5 Å². The number of rotatable bonds is 6. The van der Waals surface area contributed by atoms with Crippen molar-refractivity contribution in [1.29, 1.82) is 0 Å². The van der Waals surface area contributed by atoms with Gasteiger partial charge in [0.25, 0.3) is 20.0 Å². The van der Waals surface area contributed by atoms with E-state index in [-0.39, 0.29) is 25.5 Å². The van der Waals surface area contributed by atoms with Gasteiger partial charge in [-0.2, -0.15) is 0 Å². The number of benzene rings is 3. The highest BCUT2D eigenvalue weighted by atomic mass is 35.5. The lowest BCUT2D eigenvalue weighted by Gasteiger charge is -2.11. The Kier molecular flexibility index (Phi) is 6.09. The third-order valence-corrected chi connectivity index (χ3v) is 7.40. The fourth-order valence-electron chi connectivity index (χ4n) is 2.43. The highest BCUT2D eigenvalue weighted by molar-refractivity contribution is 7.93. The summed E-state index contributed by atoms with van der Waals surface area (Å²) in [4.78, 5) is -0.189. The smallest absolute Gasteiger partial charge is 0.263 e. The van der Waals surface area contributed by atoms with Crippen LogP contribution in [-0.2, 0) is 20.0 Å². The van der Waals surface area contributed by atoms with Crippen LogP contribution in [-0.4, -0.2) is 16.8 Å². The molecule has 3 rings (SSSR count). The lowest BCUT2D eigenvalue weighted by Crippen LogP contribution is -2.15. The standard InChI is InChI=1S/C19H16Cl2N2O4S2/c1-13-2-5-15(6-3-13)22-28(24,25)17-9-7-16(8-10-17)23-29(26,27)19-12-14(20)4-11-18(19)21/h2-12,22-23H,1H3. The van der Waals surface area contributed by atoms with Crippen molar-refractivity contribution in [3.8, 4) is 0 Å². The summed E-state index contributed by atoms with van der Waals surface area (Å²) >= 11 is 11.8. The molecule has 0 spiro atoms. The van der Waals surface area contributed by atoms with Gasteiger partial charge in [-0.1, -0.05) is 40.9 Å². The number of hydrogen-bond acceptors (Lipinski definition) is 4. The van der Waals surface area contributed by atoms with E-state index in [9.17, 15) is 16.8 Å². The first-order chi connectivity index (χ1) is 13.6. The van der Waals surface area contributed by atoms with Crippen LogP contribution in [0.4, 0.5) is 11.4 Å². The molecule has 0 radical (unpaired) electrons. The molecule has 0 fully saturated rings. The minimum absolute atomic E-state index is 0.0122. The third-order valence-electron chi connectivity index (χ3n) is 3.90. The predicted octanol–water partition coefficient (Wildman–Crippen LogP) is 4.90. The quantitative estimate of drug-likeness (QED) is 0.535. The van der Waals surface area contributed by atoms with E-state index >= 15 is 0 Å². The summed E-state index contributed by atoms with van der Waals surface area (Å²) in [6.45, 7) is 1.90. The average Bonchev–Trinajstić information content (AvgIpc) is 2.65. The summed E-state index contributed by atoms with van der Waals surface area (Å²) in [5.74, 6) is 0. The zero-order chi connectivity index (χ0) is 21.2. The molecule has 0 unspecified atom stereocenters. The largest absolute Gasteiger partial charge is 0.280 e. The fraction of sp³-hybridized carbons (Fsp3) is 0.0526. The summed E-state index contributed by atoms with van der Waals surface area (Å²) in [6, 6.07) is 16.3. The van der Waals surface area contributed by atoms with Crippen LogP contribution < -0.4 is 9.44 Å². The molecule has 6 nitrogen and oxygen atoms in total. The molecule has 0 aliphatic heterocycles. The Labute approximate surface area is 179 Å². The number of anilines is 2. The SMILES string of the molecule is Cc1ccc(NS(=O)(=O)c2ccc(NS(=O)(=O)c3cc(Cl)ccc3Cl)cc2)cc1. The van der Waals surface area contributed by atoms with Gasteiger partial charge >= 0.3 is 0 Å². The van der Waals surface area contributed by atoms with E-state index in [0.717, 1.165) is 5.56 Å². The van der Waals surface area contributed by atoms with Crippen molar-refractivity contribution in [2.75, 3.05) is 9.44 Å². The maximum atomic E-state index is 12.5. The minimum atomic E-state index is -4.00. The first-order valence-corrected chi connectivity index (χ1v) is 12.0. The van der Waals surface area contributed by atoms with Gasteiger partial charge in [0.05, 0.1) is 9.92 Å². The topological polar surface area (TPSA) is 92.3 Å². The molecule has 29 heavy (non-hydrogen) atoms. The van der Waals surface area contributed by atoms with Gasteiger partial charge in [-0.3, -0.25) is 9.44 Å². The van der Waals surface area contributed by atoms with E-state index in [1.54, 1.807) is 24.3 Å². The summed E-state index contributed by atoms with van der Waals surface area (Å²) in [7, 11) is -7.82. The van der Waals surface area contributed by atoms with Crippen molar-refractivity contribution in [1.82, 2.24) is 0 Å². The predicted molar refractivity (Wildman–Crippen MR) is 116 cm³/mol. The highest BCUT2D eigenvalue weighted by Gasteiger charge is 2.20. The molecule has 0 aliphatic carbocycles. The Balaban J connectivity index is 1.81. The maximum Gasteiger partial charge on any atom is 0.263 e. The molecule has 0 aliphatic rings. The molecule has 0 saturated heterocycles. The average molecular weight is 471 g/mol. The molecule has 10 heteroatoms. The van der Waals surface area contributed by atoms with Gasteiger partial charge < -0.3 is 0 Å². The van der Waals surface area contributed by atoms with Crippen molar-refractivity contribution >= 4 is 54.6 Å². The molecule has 0 saturated carbocycles. The van der Waals surface area contributed by atoms with Gasteiger partial charge in [0.15, 0.2) is 0 Å². The molecule has 2 N–H and O–H groups in total. The molecule has 0 atom stereocenters. The van der Waals surface area contributed by atoms with Gasteiger partial charge in [0.1, 0.15) is 4.90 Å². The Morgan fingerprint density at radius 2 is 1.21 bits per heavy atom. The van der Waals surface area contributed by atoms with E-state index in [1.165, 1.54) is 42.5 Å². The van der Waals surface area contributed by atoms with E-state index < -0.39 is 20.0 Å². The van der Waals surface area contributed by atoms with Crippen molar-refractivity contribution in [2.24, 2.45) is 0 Å². The van der Waals surface area contributed by atoms with Crippen LogP contribution in [0.3, 0.4) is 0 Å². The Hall–Kier alpha value is -2.26. The zero-order valence-corrected chi connectivity index (χ0v) is 18.2. The van der Waals surface area contributed by atoms with E-state index in [4.69, 9.17) is 23.2 Å². The van der Waals surface area contributed by atoms with Gasteiger partial charge in [0.2, 0.25) is 0 Å². The van der Waals surface area contributed by atoms with Crippen LogP contribution in [0, 0.1) is 6.92 Å². The van der Waals surface area contributed by atoms with Crippen molar-refractivity contribution < 1.29 is 16.8 Å². The van der Waals surface area contributed by atoms with E-state index in [0.29, 0.717) is 5.69 Å². The van der Waals surface area contributed by atoms with Crippen LogP contribution in [0.2, 0.25) is 10.0 Å². The minimum Gasteiger partial charge on any atom is -0.280 e. The normalized spacial score (nSPS) is 11.8. The Morgan fingerprint density at radius 3 is 1.79 bits per heavy atom. The summed E-state index contributed by atoms with van der Waals surface area (Å²) in [5, 5.41) is 0.238.